The topological polar surface area (TPSA) is 37.3 Å². The molecule has 0 heterocycles. The minimum Gasteiger partial charge on any atom is -0.481 e. The summed E-state index contributed by atoms with van der Waals surface area (Å²) in [6.07, 6.45) is 5.88. The standard InChI is InChI=1S/C17H23FO2/c1-2-12-6-8-14(9-7-12)16(17(19)20)11-13-4-3-5-15(18)10-13/h3-5,10,12,14,16H,2,6-9,11H2,1H3,(H,19,20). The monoisotopic (exact) mass is 278 g/mol. The Labute approximate surface area is 120 Å². The van der Waals surface area contributed by atoms with E-state index in [-0.39, 0.29) is 17.7 Å². The molecule has 1 aliphatic carbocycles. The van der Waals surface area contributed by atoms with Crippen LogP contribution < -0.4 is 0 Å². The third-order valence-corrected chi connectivity index (χ3v) is 4.70. The van der Waals surface area contributed by atoms with Crippen molar-refractivity contribution >= 4 is 5.97 Å². The van der Waals surface area contributed by atoms with Crippen LogP contribution in [-0.2, 0) is 11.2 Å². The Bertz CT molecular complexity index is 450. The number of hydrogen-bond donors (Lipinski definition) is 1. The minimum atomic E-state index is -0.741. The molecular formula is C17H23FO2. The van der Waals surface area contributed by atoms with Gasteiger partial charge in [0.1, 0.15) is 5.82 Å². The maximum Gasteiger partial charge on any atom is 0.307 e. The number of rotatable bonds is 5. The van der Waals surface area contributed by atoms with Crippen LogP contribution in [0.1, 0.15) is 44.6 Å². The molecule has 0 bridgehead atoms. The van der Waals surface area contributed by atoms with E-state index in [1.54, 1.807) is 6.07 Å². The number of carbonyl (C=O) groups is 1. The van der Waals surface area contributed by atoms with Gasteiger partial charge in [-0.1, -0.05) is 38.3 Å². The van der Waals surface area contributed by atoms with E-state index in [9.17, 15) is 14.3 Å². The highest BCUT2D eigenvalue weighted by molar-refractivity contribution is 5.70. The Balaban J connectivity index is 2.03. The fourth-order valence-corrected chi connectivity index (χ4v) is 3.37. The molecule has 20 heavy (non-hydrogen) atoms. The molecule has 1 atom stereocenters. The van der Waals surface area contributed by atoms with E-state index in [0.717, 1.165) is 37.2 Å². The predicted molar refractivity (Wildman–Crippen MR) is 77.0 cm³/mol. The average Bonchev–Trinajstić information content (AvgIpc) is 2.45. The van der Waals surface area contributed by atoms with Gasteiger partial charge in [-0.2, -0.15) is 0 Å². The summed E-state index contributed by atoms with van der Waals surface area (Å²) in [5.41, 5.74) is 0.787. The summed E-state index contributed by atoms with van der Waals surface area (Å²) < 4.78 is 13.2. The summed E-state index contributed by atoms with van der Waals surface area (Å²) in [5.74, 6) is -0.418. The van der Waals surface area contributed by atoms with Gasteiger partial charge in [0, 0.05) is 0 Å². The van der Waals surface area contributed by atoms with Gasteiger partial charge in [-0.3, -0.25) is 4.79 Å². The second kappa shape index (κ2) is 6.87. The van der Waals surface area contributed by atoms with Gasteiger partial charge in [0.25, 0.3) is 0 Å². The molecule has 110 valence electrons. The van der Waals surface area contributed by atoms with Crippen molar-refractivity contribution in [2.24, 2.45) is 17.8 Å². The molecule has 1 saturated carbocycles. The molecule has 0 amide bonds. The highest BCUT2D eigenvalue weighted by Gasteiger charge is 2.31. The van der Waals surface area contributed by atoms with Crippen molar-refractivity contribution in [3.63, 3.8) is 0 Å². The third kappa shape index (κ3) is 3.81. The lowest BCUT2D eigenvalue weighted by molar-refractivity contribution is -0.144. The predicted octanol–water partition coefficient (Wildman–Crippen LogP) is 4.29. The number of hydrogen-bond acceptors (Lipinski definition) is 1. The first-order chi connectivity index (χ1) is 9.60. The van der Waals surface area contributed by atoms with E-state index in [2.05, 4.69) is 6.92 Å². The van der Waals surface area contributed by atoms with Crippen molar-refractivity contribution in [1.82, 2.24) is 0 Å². The zero-order valence-electron chi connectivity index (χ0n) is 12.0. The molecule has 2 rings (SSSR count). The largest absolute Gasteiger partial charge is 0.481 e. The molecule has 0 radical (unpaired) electrons. The Morgan fingerprint density at radius 3 is 2.60 bits per heavy atom. The normalized spacial score (nSPS) is 24.3. The average molecular weight is 278 g/mol. The van der Waals surface area contributed by atoms with Crippen molar-refractivity contribution in [2.75, 3.05) is 0 Å². The maximum atomic E-state index is 13.2. The summed E-state index contributed by atoms with van der Waals surface area (Å²) in [6.45, 7) is 2.20. The fourth-order valence-electron chi connectivity index (χ4n) is 3.37. The quantitative estimate of drug-likeness (QED) is 0.872. The molecule has 0 aromatic heterocycles. The molecule has 0 spiro atoms. The number of aliphatic carboxylic acids is 1. The van der Waals surface area contributed by atoms with Crippen LogP contribution >= 0.6 is 0 Å². The van der Waals surface area contributed by atoms with Gasteiger partial charge in [0.2, 0.25) is 0 Å². The van der Waals surface area contributed by atoms with Gasteiger partial charge in [0.05, 0.1) is 5.92 Å². The molecule has 1 aromatic rings. The van der Waals surface area contributed by atoms with E-state index in [4.69, 9.17) is 0 Å². The molecule has 1 aromatic carbocycles. The molecule has 2 nitrogen and oxygen atoms in total. The Hall–Kier alpha value is -1.38. The van der Waals surface area contributed by atoms with Crippen LogP contribution in [0.3, 0.4) is 0 Å². The molecular weight excluding hydrogens is 255 g/mol. The summed E-state index contributed by atoms with van der Waals surface area (Å²) in [5, 5.41) is 9.49. The van der Waals surface area contributed by atoms with Crippen LogP contribution in [-0.4, -0.2) is 11.1 Å². The Kier molecular flexibility index (Phi) is 5.16. The van der Waals surface area contributed by atoms with Crippen LogP contribution in [0.15, 0.2) is 24.3 Å². The van der Waals surface area contributed by atoms with Gasteiger partial charge >= 0.3 is 5.97 Å². The summed E-state index contributed by atoms with van der Waals surface area (Å²) in [6, 6.07) is 6.31. The van der Waals surface area contributed by atoms with Gasteiger partial charge in [-0.15, -0.1) is 0 Å². The maximum absolute atomic E-state index is 13.2. The highest BCUT2D eigenvalue weighted by Crippen LogP contribution is 2.36. The summed E-state index contributed by atoms with van der Waals surface area (Å²) in [4.78, 5) is 11.5. The number of carboxylic acids is 1. The smallest absolute Gasteiger partial charge is 0.307 e. The lowest BCUT2D eigenvalue weighted by Crippen LogP contribution is -2.29. The summed E-state index contributed by atoms with van der Waals surface area (Å²) >= 11 is 0. The van der Waals surface area contributed by atoms with Crippen LogP contribution in [0.25, 0.3) is 0 Å². The molecule has 0 saturated heterocycles. The Morgan fingerprint density at radius 2 is 2.05 bits per heavy atom. The number of carboxylic acid groups (broad SMARTS) is 1. The van der Waals surface area contributed by atoms with E-state index in [1.165, 1.54) is 18.6 Å². The van der Waals surface area contributed by atoms with Crippen molar-refractivity contribution in [1.29, 1.82) is 0 Å². The molecule has 1 aliphatic rings. The van der Waals surface area contributed by atoms with Gasteiger partial charge < -0.3 is 5.11 Å². The van der Waals surface area contributed by atoms with Crippen LogP contribution in [0.5, 0.6) is 0 Å². The number of halogens is 1. The zero-order chi connectivity index (χ0) is 14.5. The van der Waals surface area contributed by atoms with E-state index >= 15 is 0 Å². The van der Waals surface area contributed by atoms with Crippen molar-refractivity contribution in [3.8, 4) is 0 Å². The third-order valence-electron chi connectivity index (χ3n) is 4.70. The van der Waals surface area contributed by atoms with E-state index in [1.807, 2.05) is 6.07 Å². The van der Waals surface area contributed by atoms with Gasteiger partial charge in [0.15, 0.2) is 0 Å². The zero-order valence-corrected chi connectivity index (χ0v) is 12.0. The lowest BCUT2D eigenvalue weighted by Gasteiger charge is -2.31. The lowest BCUT2D eigenvalue weighted by atomic mass is 9.73. The van der Waals surface area contributed by atoms with Crippen LogP contribution in [0.4, 0.5) is 4.39 Å². The molecule has 1 N–H and O–H groups in total. The first-order valence-corrected chi connectivity index (χ1v) is 7.57. The molecule has 1 unspecified atom stereocenters. The van der Waals surface area contributed by atoms with E-state index < -0.39 is 5.97 Å². The van der Waals surface area contributed by atoms with Gasteiger partial charge in [-0.25, -0.2) is 4.39 Å². The number of benzene rings is 1. The molecule has 3 heteroatoms. The minimum absolute atomic E-state index is 0.235. The first kappa shape index (κ1) is 15.0. The van der Waals surface area contributed by atoms with Crippen molar-refractivity contribution in [2.45, 2.75) is 45.4 Å². The van der Waals surface area contributed by atoms with Crippen molar-refractivity contribution < 1.29 is 14.3 Å². The Morgan fingerprint density at radius 1 is 1.35 bits per heavy atom. The second-order valence-electron chi connectivity index (χ2n) is 5.97. The van der Waals surface area contributed by atoms with Crippen molar-refractivity contribution in [3.05, 3.63) is 35.6 Å². The summed E-state index contributed by atoms with van der Waals surface area (Å²) in [7, 11) is 0. The highest BCUT2D eigenvalue weighted by atomic mass is 19.1. The van der Waals surface area contributed by atoms with Gasteiger partial charge in [-0.05, 0) is 48.8 Å². The molecule has 0 aliphatic heterocycles. The SMILES string of the molecule is CCC1CCC(C(Cc2cccc(F)c2)C(=O)O)CC1. The fraction of sp³-hybridized carbons (Fsp3) is 0.588. The second-order valence-corrected chi connectivity index (χ2v) is 5.97. The van der Waals surface area contributed by atoms with Crippen LogP contribution in [0, 0.1) is 23.6 Å². The first-order valence-electron chi connectivity index (χ1n) is 7.57. The van der Waals surface area contributed by atoms with Crippen LogP contribution in [0.2, 0.25) is 0 Å². The molecule has 1 fully saturated rings. The van der Waals surface area contributed by atoms with E-state index in [0.29, 0.717) is 6.42 Å².